The van der Waals surface area contributed by atoms with Gasteiger partial charge in [0.2, 0.25) is 0 Å². The second-order valence-electron chi connectivity index (χ2n) is 6.28. The third kappa shape index (κ3) is 2.61. The van der Waals surface area contributed by atoms with Crippen LogP contribution in [0.5, 0.6) is 0 Å². The van der Waals surface area contributed by atoms with Crippen molar-refractivity contribution in [2.45, 2.75) is 19.9 Å². The summed E-state index contributed by atoms with van der Waals surface area (Å²) in [6.45, 7) is 3.93. The Morgan fingerprint density at radius 1 is 1.04 bits per heavy atom. The molecule has 3 aromatic rings. The summed E-state index contributed by atoms with van der Waals surface area (Å²) in [5.41, 5.74) is 3.37. The van der Waals surface area contributed by atoms with E-state index in [0.29, 0.717) is 10.6 Å². The van der Waals surface area contributed by atoms with Gasteiger partial charge in [0.15, 0.2) is 0 Å². The minimum atomic E-state index is -0.288. The van der Waals surface area contributed by atoms with E-state index in [4.69, 9.17) is 10.4 Å². The molecule has 4 rings (SSSR count). The number of thiazole rings is 1. The third-order valence-electron chi connectivity index (χ3n) is 4.61. The van der Waals surface area contributed by atoms with Crippen molar-refractivity contribution in [3.63, 3.8) is 0 Å². The molecule has 130 valence electrons. The zero-order valence-corrected chi connectivity index (χ0v) is 15.4. The Balaban J connectivity index is 1.76. The number of aromatic nitrogens is 1. The summed E-state index contributed by atoms with van der Waals surface area (Å²) in [5.74, 6) is 0.488. The molecule has 2 aromatic carbocycles. The molecule has 1 aliphatic rings. The molecule has 0 spiro atoms. The lowest BCUT2D eigenvalue weighted by Gasteiger charge is -2.24. The van der Waals surface area contributed by atoms with Crippen LogP contribution >= 0.6 is 11.3 Å². The number of aryl methyl sites for hydroxylation is 1. The number of hydrogen-bond donors (Lipinski definition) is 2. The summed E-state index contributed by atoms with van der Waals surface area (Å²) in [5, 5.41) is 20.1. The average Bonchev–Trinajstić information content (AvgIpc) is 3.14. The van der Waals surface area contributed by atoms with Crippen molar-refractivity contribution < 1.29 is 5.11 Å². The van der Waals surface area contributed by atoms with Crippen LogP contribution in [0.3, 0.4) is 0 Å². The molecule has 0 radical (unpaired) electrons. The van der Waals surface area contributed by atoms with E-state index in [0.717, 1.165) is 21.8 Å². The molecule has 1 unspecified atom stereocenters. The van der Waals surface area contributed by atoms with Crippen LogP contribution in [0, 0.1) is 12.3 Å². The van der Waals surface area contributed by atoms with E-state index in [1.54, 1.807) is 0 Å². The van der Waals surface area contributed by atoms with Crippen molar-refractivity contribution in [2.24, 2.45) is 0 Å². The molecule has 4 nitrogen and oxygen atoms in total. The van der Waals surface area contributed by atoms with E-state index in [2.05, 4.69) is 0 Å². The van der Waals surface area contributed by atoms with E-state index in [1.807, 2.05) is 79.4 Å². The molecule has 0 aliphatic carbocycles. The minimum Gasteiger partial charge on any atom is -0.509 e. The standard InChI is InChI=1S/C21H19N3OS/c1-13-19(25)17(20(22)24(13)16-11-7-4-8-12-16)21-23-18(14(2)26-21)15-9-5-3-6-10-15/h3-13,22,25H,1-2H3. The monoisotopic (exact) mass is 361 g/mol. The van der Waals surface area contributed by atoms with Crippen LogP contribution in [0.1, 0.15) is 16.8 Å². The number of para-hydroxylation sites is 1. The van der Waals surface area contributed by atoms with Crippen molar-refractivity contribution in [1.82, 2.24) is 4.98 Å². The second kappa shape index (κ2) is 6.42. The highest BCUT2D eigenvalue weighted by atomic mass is 32.1. The summed E-state index contributed by atoms with van der Waals surface area (Å²) in [6, 6.07) is 19.4. The van der Waals surface area contributed by atoms with Crippen LogP contribution in [0.2, 0.25) is 0 Å². The molecule has 5 heteroatoms. The third-order valence-corrected chi connectivity index (χ3v) is 5.60. The van der Waals surface area contributed by atoms with Gasteiger partial charge in [-0.15, -0.1) is 11.3 Å². The zero-order chi connectivity index (χ0) is 18.3. The zero-order valence-electron chi connectivity index (χ0n) is 14.6. The van der Waals surface area contributed by atoms with E-state index in [9.17, 15) is 5.11 Å². The summed E-state index contributed by atoms with van der Waals surface area (Å²) in [6.07, 6.45) is 0. The first-order chi connectivity index (χ1) is 12.6. The number of benzene rings is 2. The Kier molecular flexibility index (Phi) is 4.09. The van der Waals surface area contributed by atoms with Gasteiger partial charge in [0, 0.05) is 16.1 Å². The lowest BCUT2D eigenvalue weighted by molar-refractivity contribution is 0.384. The van der Waals surface area contributed by atoms with Crippen molar-refractivity contribution in [1.29, 1.82) is 5.41 Å². The number of nitrogens with zero attached hydrogens (tertiary/aromatic N) is 2. The molecule has 2 N–H and O–H groups in total. The number of nitrogens with one attached hydrogen (secondary N) is 1. The highest BCUT2D eigenvalue weighted by Gasteiger charge is 2.37. The molecule has 0 saturated heterocycles. The van der Waals surface area contributed by atoms with Gasteiger partial charge in [-0.25, -0.2) is 4.98 Å². The highest BCUT2D eigenvalue weighted by Crippen LogP contribution is 2.39. The van der Waals surface area contributed by atoms with Crippen LogP contribution in [0.4, 0.5) is 5.69 Å². The second-order valence-corrected chi connectivity index (χ2v) is 7.48. The van der Waals surface area contributed by atoms with Gasteiger partial charge in [0.1, 0.15) is 16.6 Å². The molecule has 1 atom stereocenters. The predicted molar refractivity (Wildman–Crippen MR) is 108 cm³/mol. The first-order valence-electron chi connectivity index (χ1n) is 8.47. The average molecular weight is 361 g/mol. The topological polar surface area (TPSA) is 60.2 Å². The summed E-state index contributed by atoms with van der Waals surface area (Å²) in [7, 11) is 0. The van der Waals surface area contributed by atoms with Gasteiger partial charge in [0.25, 0.3) is 0 Å². The SMILES string of the molecule is Cc1sc(C2=C(O)C(C)N(c3ccccc3)C2=N)nc1-c1ccccc1. The van der Waals surface area contributed by atoms with E-state index in [-0.39, 0.29) is 17.6 Å². The van der Waals surface area contributed by atoms with Crippen LogP contribution in [-0.2, 0) is 0 Å². The molecule has 1 aromatic heterocycles. The van der Waals surface area contributed by atoms with Gasteiger partial charge >= 0.3 is 0 Å². The van der Waals surface area contributed by atoms with Gasteiger partial charge in [-0.05, 0) is 26.0 Å². The van der Waals surface area contributed by atoms with Crippen LogP contribution in [0.25, 0.3) is 16.8 Å². The first kappa shape index (κ1) is 16.5. The summed E-state index contributed by atoms with van der Waals surface area (Å²) in [4.78, 5) is 7.67. The van der Waals surface area contributed by atoms with Gasteiger partial charge in [-0.2, -0.15) is 0 Å². The van der Waals surface area contributed by atoms with E-state index < -0.39 is 0 Å². The number of aliphatic hydroxyl groups excluding tert-OH is 1. The number of aliphatic hydroxyl groups is 1. The molecule has 0 fully saturated rings. The Hall–Kier alpha value is -2.92. The van der Waals surface area contributed by atoms with Crippen molar-refractivity contribution in [2.75, 3.05) is 4.90 Å². The maximum atomic E-state index is 10.7. The molecule has 0 amide bonds. The number of hydrogen-bond acceptors (Lipinski definition) is 4. The highest BCUT2D eigenvalue weighted by molar-refractivity contribution is 7.13. The van der Waals surface area contributed by atoms with Gasteiger partial charge in [0.05, 0.1) is 17.3 Å². The number of amidine groups is 1. The maximum Gasteiger partial charge on any atom is 0.139 e. The number of rotatable bonds is 3. The first-order valence-corrected chi connectivity index (χ1v) is 9.29. The van der Waals surface area contributed by atoms with Crippen molar-refractivity contribution in [3.05, 3.63) is 76.3 Å². The van der Waals surface area contributed by atoms with Crippen molar-refractivity contribution >= 4 is 28.4 Å². The Labute approximate surface area is 156 Å². The lowest BCUT2D eigenvalue weighted by Crippen LogP contribution is -2.33. The van der Waals surface area contributed by atoms with Crippen LogP contribution < -0.4 is 4.90 Å². The smallest absolute Gasteiger partial charge is 0.139 e. The van der Waals surface area contributed by atoms with E-state index in [1.165, 1.54) is 11.3 Å². The van der Waals surface area contributed by atoms with Crippen molar-refractivity contribution in [3.8, 4) is 11.3 Å². The van der Waals surface area contributed by atoms with Gasteiger partial charge in [-0.3, -0.25) is 5.41 Å². The fraction of sp³-hybridized carbons (Fsp3) is 0.143. The van der Waals surface area contributed by atoms with Crippen LogP contribution in [0.15, 0.2) is 66.4 Å². The fourth-order valence-electron chi connectivity index (χ4n) is 3.29. The molecular formula is C21H19N3OS. The fourth-order valence-corrected chi connectivity index (χ4v) is 4.28. The largest absolute Gasteiger partial charge is 0.509 e. The maximum absolute atomic E-state index is 10.7. The summed E-state index contributed by atoms with van der Waals surface area (Å²) >= 11 is 1.52. The minimum absolute atomic E-state index is 0.201. The summed E-state index contributed by atoms with van der Waals surface area (Å²) < 4.78 is 0. The Morgan fingerprint density at radius 2 is 1.65 bits per heavy atom. The molecule has 0 bridgehead atoms. The van der Waals surface area contributed by atoms with Gasteiger partial charge in [-0.1, -0.05) is 48.5 Å². The molecule has 0 saturated carbocycles. The molecule has 1 aliphatic heterocycles. The Morgan fingerprint density at radius 3 is 2.31 bits per heavy atom. The molecule has 26 heavy (non-hydrogen) atoms. The normalized spacial score (nSPS) is 17.2. The Bertz CT molecular complexity index is 993. The van der Waals surface area contributed by atoms with E-state index >= 15 is 0 Å². The molecule has 2 heterocycles. The van der Waals surface area contributed by atoms with Crippen LogP contribution in [-0.4, -0.2) is 22.0 Å². The number of anilines is 1. The molecular weight excluding hydrogens is 342 g/mol. The predicted octanol–water partition coefficient (Wildman–Crippen LogP) is 5.27. The lowest BCUT2D eigenvalue weighted by atomic mass is 10.1. The quantitative estimate of drug-likeness (QED) is 0.668. The van der Waals surface area contributed by atoms with Gasteiger partial charge < -0.3 is 10.0 Å².